The van der Waals surface area contributed by atoms with Gasteiger partial charge in [0.2, 0.25) is 0 Å². The minimum absolute atomic E-state index is 0.146. The van der Waals surface area contributed by atoms with Gasteiger partial charge in [-0.25, -0.2) is 0 Å². The van der Waals surface area contributed by atoms with E-state index in [1.165, 1.54) is 0 Å². The van der Waals surface area contributed by atoms with Gasteiger partial charge in [0.15, 0.2) is 0 Å². The molecule has 0 spiro atoms. The van der Waals surface area contributed by atoms with Crippen LogP contribution in [0.1, 0.15) is 33.6 Å². The fraction of sp³-hybridized carbons (Fsp3) is 0.917. The highest BCUT2D eigenvalue weighted by Gasteiger charge is 2.17. The van der Waals surface area contributed by atoms with Crippen molar-refractivity contribution in [3.63, 3.8) is 0 Å². The lowest BCUT2D eigenvalue weighted by Gasteiger charge is -2.17. The lowest BCUT2D eigenvalue weighted by atomic mass is 9.89. The van der Waals surface area contributed by atoms with Crippen molar-refractivity contribution in [2.24, 2.45) is 11.8 Å². The van der Waals surface area contributed by atoms with Crippen molar-refractivity contribution in [1.29, 1.82) is 0 Å². The predicted molar refractivity (Wildman–Crippen MR) is 60.9 cm³/mol. The van der Waals surface area contributed by atoms with Gasteiger partial charge < -0.3 is 9.47 Å². The van der Waals surface area contributed by atoms with E-state index in [0.717, 1.165) is 26.1 Å². The summed E-state index contributed by atoms with van der Waals surface area (Å²) in [5.41, 5.74) is 0. The third-order valence-corrected chi connectivity index (χ3v) is 2.54. The summed E-state index contributed by atoms with van der Waals surface area (Å²) in [6.07, 6.45) is 1.75. The number of hydrogen-bond donors (Lipinski definition) is 0. The lowest BCUT2D eigenvalue weighted by molar-refractivity contribution is -0.122. The van der Waals surface area contributed by atoms with E-state index in [9.17, 15) is 4.79 Å². The standard InChI is InChI=1S/C12H24O3/c1-10(2)12(11(3)13)6-9-15-8-5-7-14-4/h10,12H,5-9H2,1-4H3. The van der Waals surface area contributed by atoms with Gasteiger partial charge >= 0.3 is 0 Å². The third kappa shape index (κ3) is 7.51. The summed E-state index contributed by atoms with van der Waals surface area (Å²) in [6, 6.07) is 0. The number of ketones is 1. The summed E-state index contributed by atoms with van der Waals surface area (Å²) in [7, 11) is 1.69. The van der Waals surface area contributed by atoms with E-state index in [0.29, 0.717) is 12.5 Å². The number of carbonyl (C=O) groups is 1. The Morgan fingerprint density at radius 3 is 2.33 bits per heavy atom. The maximum Gasteiger partial charge on any atom is 0.133 e. The molecule has 3 nitrogen and oxygen atoms in total. The van der Waals surface area contributed by atoms with E-state index in [4.69, 9.17) is 9.47 Å². The normalized spacial score (nSPS) is 13.1. The van der Waals surface area contributed by atoms with Gasteiger partial charge in [0.1, 0.15) is 5.78 Å². The molecule has 0 N–H and O–H groups in total. The molecule has 0 aromatic carbocycles. The minimum Gasteiger partial charge on any atom is -0.385 e. The summed E-state index contributed by atoms with van der Waals surface area (Å²) in [5, 5.41) is 0. The van der Waals surface area contributed by atoms with E-state index >= 15 is 0 Å². The Labute approximate surface area is 93.1 Å². The highest BCUT2D eigenvalue weighted by atomic mass is 16.5. The van der Waals surface area contributed by atoms with Crippen molar-refractivity contribution in [2.45, 2.75) is 33.6 Å². The Balaban J connectivity index is 3.50. The van der Waals surface area contributed by atoms with Gasteiger partial charge in [0.25, 0.3) is 0 Å². The minimum atomic E-state index is 0.146. The van der Waals surface area contributed by atoms with Crippen LogP contribution in [0.15, 0.2) is 0 Å². The molecular formula is C12H24O3. The molecule has 0 aliphatic rings. The number of hydrogen-bond acceptors (Lipinski definition) is 3. The van der Waals surface area contributed by atoms with Crippen LogP contribution in [0, 0.1) is 11.8 Å². The first kappa shape index (κ1) is 14.6. The first-order valence-electron chi connectivity index (χ1n) is 5.66. The molecule has 0 bridgehead atoms. The fourth-order valence-corrected chi connectivity index (χ4v) is 1.62. The van der Waals surface area contributed by atoms with E-state index in [1.54, 1.807) is 14.0 Å². The van der Waals surface area contributed by atoms with Crippen LogP contribution >= 0.6 is 0 Å². The molecule has 0 radical (unpaired) electrons. The largest absolute Gasteiger partial charge is 0.385 e. The lowest BCUT2D eigenvalue weighted by Crippen LogP contribution is -2.19. The van der Waals surface area contributed by atoms with Crippen molar-refractivity contribution in [2.75, 3.05) is 26.9 Å². The average Bonchev–Trinajstić information content (AvgIpc) is 2.15. The van der Waals surface area contributed by atoms with Gasteiger partial charge in [-0.3, -0.25) is 4.79 Å². The molecule has 0 aliphatic heterocycles. The van der Waals surface area contributed by atoms with Crippen molar-refractivity contribution < 1.29 is 14.3 Å². The first-order chi connectivity index (χ1) is 7.09. The average molecular weight is 216 g/mol. The number of methoxy groups -OCH3 is 1. The van der Waals surface area contributed by atoms with Crippen molar-refractivity contribution in [3.05, 3.63) is 0 Å². The van der Waals surface area contributed by atoms with Gasteiger partial charge in [-0.2, -0.15) is 0 Å². The van der Waals surface area contributed by atoms with Crippen molar-refractivity contribution in [3.8, 4) is 0 Å². The number of rotatable bonds is 9. The molecule has 0 aromatic heterocycles. The number of ether oxygens (including phenoxy) is 2. The van der Waals surface area contributed by atoms with Gasteiger partial charge in [-0.15, -0.1) is 0 Å². The summed E-state index contributed by atoms with van der Waals surface area (Å²) in [4.78, 5) is 11.3. The summed E-state index contributed by atoms with van der Waals surface area (Å²) >= 11 is 0. The van der Waals surface area contributed by atoms with Gasteiger partial charge in [0.05, 0.1) is 0 Å². The van der Waals surface area contributed by atoms with Crippen LogP contribution in [-0.4, -0.2) is 32.7 Å². The first-order valence-corrected chi connectivity index (χ1v) is 5.66. The van der Waals surface area contributed by atoms with E-state index in [2.05, 4.69) is 13.8 Å². The second kappa shape index (κ2) is 8.86. The van der Waals surface area contributed by atoms with Gasteiger partial charge in [-0.1, -0.05) is 13.8 Å². The zero-order chi connectivity index (χ0) is 11.7. The predicted octanol–water partition coefficient (Wildman–Crippen LogP) is 2.29. The third-order valence-electron chi connectivity index (χ3n) is 2.54. The smallest absolute Gasteiger partial charge is 0.133 e. The van der Waals surface area contributed by atoms with Crippen LogP contribution in [0.5, 0.6) is 0 Å². The Morgan fingerprint density at radius 1 is 1.20 bits per heavy atom. The molecule has 15 heavy (non-hydrogen) atoms. The summed E-state index contributed by atoms with van der Waals surface area (Å²) in [6.45, 7) is 7.95. The number of Topliss-reactive ketones (excluding diaryl/α,β-unsaturated/α-hetero) is 1. The molecule has 1 unspecified atom stereocenters. The SMILES string of the molecule is COCCCOCCC(C(C)=O)C(C)C. The highest BCUT2D eigenvalue weighted by Crippen LogP contribution is 2.16. The zero-order valence-electron chi connectivity index (χ0n) is 10.4. The van der Waals surface area contributed by atoms with Gasteiger partial charge in [0, 0.05) is 32.8 Å². The van der Waals surface area contributed by atoms with Crippen molar-refractivity contribution >= 4 is 5.78 Å². The van der Waals surface area contributed by atoms with Crippen LogP contribution in [0.2, 0.25) is 0 Å². The molecule has 0 aliphatic carbocycles. The molecule has 0 amide bonds. The summed E-state index contributed by atoms with van der Waals surface area (Å²) < 4.78 is 10.3. The molecule has 1 atom stereocenters. The topological polar surface area (TPSA) is 35.5 Å². The maximum atomic E-state index is 11.3. The molecule has 0 fully saturated rings. The molecule has 0 saturated heterocycles. The maximum absolute atomic E-state index is 11.3. The van der Waals surface area contributed by atoms with Crippen LogP contribution in [-0.2, 0) is 14.3 Å². The highest BCUT2D eigenvalue weighted by molar-refractivity contribution is 5.78. The van der Waals surface area contributed by atoms with E-state index in [-0.39, 0.29) is 11.7 Å². The van der Waals surface area contributed by atoms with Crippen LogP contribution in [0.3, 0.4) is 0 Å². The van der Waals surface area contributed by atoms with Crippen LogP contribution in [0.25, 0.3) is 0 Å². The van der Waals surface area contributed by atoms with E-state index in [1.807, 2.05) is 0 Å². The number of carbonyl (C=O) groups excluding carboxylic acids is 1. The molecule has 0 saturated carbocycles. The van der Waals surface area contributed by atoms with E-state index < -0.39 is 0 Å². The molecular weight excluding hydrogens is 192 g/mol. The summed E-state index contributed by atoms with van der Waals surface area (Å²) in [5.74, 6) is 0.822. The van der Waals surface area contributed by atoms with Gasteiger partial charge in [-0.05, 0) is 25.7 Å². The second-order valence-electron chi connectivity index (χ2n) is 4.21. The van der Waals surface area contributed by atoms with Crippen LogP contribution in [0.4, 0.5) is 0 Å². The molecule has 90 valence electrons. The second-order valence-corrected chi connectivity index (χ2v) is 4.21. The quantitative estimate of drug-likeness (QED) is 0.555. The van der Waals surface area contributed by atoms with Crippen molar-refractivity contribution in [1.82, 2.24) is 0 Å². The monoisotopic (exact) mass is 216 g/mol. The molecule has 0 heterocycles. The van der Waals surface area contributed by atoms with Crippen LogP contribution < -0.4 is 0 Å². The molecule has 3 heteroatoms. The Hall–Kier alpha value is -0.410. The fourth-order valence-electron chi connectivity index (χ4n) is 1.62. The Morgan fingerprint density at radius 2 is 1.87 bits per heavy atom. The molecule has 0 aromatic rings. The Bertz CT molecular complexity index is 166. The zero-order valence-corrected chi connectivity index (χ0v) is 10.4. The Kier molecular flexibility index (Phi) is 8.62. The molecule has 0 rings (SSSR count).